The zero-order valence-corrected chi connectivity index (χ0v) is 14.2. The maximum atomic E-state index is 13.7. The number of halogens is 2. The Balaban J connectivity index is 2.19. The van der Waals surface area contributed by atoms with Crippen LogP contribution in [0.2, 0.25) is 0 Å². The fraction of sp³-hybridized carbons (Fsp3) is 0.133. The smallest absolute Gasteiger partial charge is 0.303 e. The van der Waals surface area contributed by atoms with E-state index in [1.54, 1.807) is 0 Å². The highest BCUT2D eigenvalue weighted by Crippen LogP contribution is 2.23. The Hall–Kier alpha value is -1.93. The molecule has 2 aromatic rings. The Morgan fingerprint density at radius 1 is 1.17 bits per heavy atom. The highest BCUT2D eigenvalue weighted by atomic mass is 79.9. The molecule has 0 fully saturated rings. The van der Waals surface area contributed by atoms with E-state index in [1.165, 1.54) is 36.4 Å². The second-order valence-electron chi connectivity index (χ2n) is 4.77. The van der Waals surface area contributed by atoms with Crippen molar-refractivity contribution in [2.24, 2.45) is 0 Å². The van der Waals surface area contributed by atoms with E-state index >= 15 is 0 Å². The first kappa shape index (κ1) is 17.4. The van der Waals surface area contributed by atoms with Crippen LogP contribution in [0, 0.1) is 5.82 Å². The van der Waals surface area contributed by atoms with Crippen LogP contribution >= 0.6 is 15.9 Å². The van der Waals surface area contributed by atoms with Gasteiger partial charge in [0.15, 0.2) is 0 Å². The van der Waals surface area contributed by atoms with Gasteiger partial charge in [-0.25, -0.2) is 12.8 Å². The molecule has 0 aliphatic heterocycles. The van der Waals surface area contributed by atoms with Gasteiger partial charge < -0.3 is 5.11 Å². The lowest BCUT2D eigenvalue weighted by Crippen LogP contribution is -2.14. The lowest BCUT2D eigenvalue weighted by atomic mass is 10.1. The first-order valence-corrected chi connectivity index (χ1v) is 8.84. The third kappa shape index (κ3) is 4.77. The standard InChI is InChI=1S/C15H13BrFNO4S/c16-11-4-7-13(17)14(9-11)18-23(21,22)12-5-1-10(2-6-12)3-8-15(19)20/h1-2,4-7,9,18H,3,8H2,(H,19,20). The number of hydrogen-bond donors (Lipinski definition) is 2. The second kappa shape index (κ2) is 7.10. The van der Waals surface area contributed by atoms with E-state index in [9.17, 15) is 17.6 Å². The summed E-state index contributed by atoms with van der Waals surface area (Å²) in [5.74, 6) is -1.61. The fourth-order valence-electron chi connectivity index (χ4n) is 1.87. The largest absolute Gasteiger partial charge is 0.481 e. The number of rotatable bonds is 6. The summed E-state index contributed by atoms with van der Waals surface area (Å²) >= 11 is 3.15. The van der Waals surface area contributed by atoms with Gasteiger partial charge in [-0.3, -0.25) is 9.52 Å². The van der Waals surface area contributed by atoms with Crippen LogP contribution in [0.15, 0.2) is 51.8 Å². The Bertz CT molecular complexity index is 822. The highest BCUT2D eigenvalue weighted by molar-refractivity contribution is 9.10. The minimum atomic E-state index is -3.93. The van der Waals surface area contributed by atoms with Crippen LogP contribution in [-0.2, 0) is 21.2 Å². The number of benzene rings is 2. The molecule has 23 heavy (non-hydrogen) atoms. The van der Waals surface area contributed by atoms with E-state index in [2.05, 4.69) is 20.7 Å². The molecule has 0 saturated carbocycles. The van der Waals surface area contributed by atoms with Gasteiger partial charge in [-0.05, 0) is 42.3 Å². The van der Waals surface area contributed by atoms with Gasteiger partial charge in [-0.15, -0.1) is 0 Å². The molecule has 0 heterocycles. The summed E-state index contributed by atoms with van der Waals surface area (Å²) in [4.78, 5) is 10.5. The molecule has 0 spiro atoms. The molecule has 0 saturated heterocycles. The van der Waals surface area contributed by atoms with Crippen molar-refractivity contribution < 1.29 is 22.7 Å². The van der Waals surface area contributed by atoms with Gasteiger partial charge in [0.2, 0.25) is 0 Å². The van der Waals surface area contributed by atoms with Gasteiger partial charge in [0.1, 0.15) is 5.82 Å². The van der Waals surface area contributed by atoms with Crippen LogP contribution in [0.1, 0.15) is 12.0 Å². The predicted octanol–water partition coefficient (Wildman–Crippen LogP) is 3.41. The number of nitrogens with one attached hydrogen (secondary N) is 1. The molecule has 0 aromatic heterocycles. The molecular formula is C15H13BrFNO4S. The van der Waals surface area contributed by atoms with Gasteiger partial charge in [0.25, 0.3) is 10.0 Å². The van der Waals surface area contributed by atoms with E-state index in [-0.39, 0.29) is 17.0 Å². The summed E-state index contributed by atoms with van der Waals surface area (Å²) in [7, 11) is -3.93. The second-order valence-corrected chi connectivity index (χ2v) is 7.37. The number of aliphatic carboxylic acids is 1. The topological polar surface area (TPSA) is 83.5 Å². The third-order valence-corrected chi connectivity index (χ3v) is 4.91. The molecule has 8 heteroatoms. The van der Waals surface area contributed by atoms with Gasteiger partial charge in [0, 0.05) is 10.9 Å². The molecule has 0 aliphatic rings. The van der Waals surface area contributed by atoms with Crippen molar-refractivity contribution in [3.63, 3.8) is 0 Å². The number of hydrogen-bond acceptors (Lipinski definition) is 3. The number of carbonyl (C=O) groups is 1. The van der Waals surface area contributed by atoms with Crippen molar-refractivity contribution in [2.45, 2.75) is 17.7 Å². The maximum absolute atomic E-state index is 13.7. The first-order chi connectivity index (χ1) is 10.8. The molecule has 5 nitrogen and oxygen atoms in total. The van der Waals surface area contributed by atoms with Crippen molar-refractivity contribution in [3.8, 4) is 0 Å². The average molecular weight is 402 g/mol. The SMILES string of the molecule is O=C(O)CCc1ccc(S(=O)(=O)Nc2cc(Br)ccc2F)cc1. The molecule has 122 valence electrons. The molecule has 0 amide bonds. The van der Waals surface area contributed by atoms with Crippen molar-refractivity contribution in [3.05, 3.63) is 58.3 Å². The quantitative estimate of drug-likeness (QED) is 0.776. The molecule has 0 atom stereocenters. The first-order valence-electron chi connectivity index (χ1n) is 6.56. The molecule has 0 bridgehead atoms. The maximum Gasteiger partial charge on any atom is 0.303 e. The molecule has 0 unspecified atom stereocenters. The Labute approximate surface area is 141 Å². The minimum absolute atomic E-state index is 0.0315. The summed E-state index contributed by atoms with van der Waals surface area (Å²) in [5.41, 5.74) is 0.550. The van der Waals surface area contributed by atoms with Crippen LogP contribution in [0.25, 0.3) is 0 Å². The molecule has 0 aliphatic carbocycles. The molecule has 2 N–H and O–H groups in total. The van der Waals surface area contributed by atoms with Crippen molar-refractivity contribution in [1.82, 2.24) is 0 Å². The number of anilines is 1. The number of carboxylic acids is 1. The Morgan fingerprint density at radius 3 is 2.43 bits per heavy atom. The fourth-order valence-corrected chi connectivity index (χ4v) is 3.29. The van der Waals surface area contributed by atoms with Gasteiger partial charge in [-0.1, -0.05) is 28.1 Å². The number of aryl methyl sites for hydroxylation is 1. The summed E-state index contributed by atoms with van der Waals surface area (Å²) in [5, 5.41) is 8.63. The Kier molecular flexibility index (Phi) is 5.38. The predicted molar refractivity (Wildman–Crippen MR) is 87.3 cm³/mol. The Morgan fingerprint density at radius 2 is 1.83 bits per heavy atom. The van der Waals surface area contributed by atoms with Crippen LogP contribution in [0.5, 0.6) is 0 Å². The lowest BCUT2D eigenvalue weighted by molar-refractivity contribution is -0.136. The van der Waals surface area contributed by atoms with E-state index < -0.39 is 21.8 Å². The van der Waals surface area contributed by atoms with Crippen molar-refractivity contribution in [1.29, 1.82) is 0 Å². The molecule has 0 radical (unpaired) electrons. The van der Waals surface area contributed by atoms with E-state index in [0.29, 0.717) is 16.5 Å². The third-order valence-electron chi connectivity index (χ3n) is 3.03. The van der Waals surface area contributed by atoms with Crippen LogP contribution in [0.4, 0.5) is 10.1 Å². The number of sulfonamides is 1. The molecular weight excluding hydrogens is 389 g/mol. The lowest BCUT2D eigenvalue weighted by Gasteiger charge is -2.10. The van der Waals surface area contributed by atoms with E-state index in [4.69, 9.17) is 5.11 Å². The van der Waals surface area contributed by atoms with E-state index in [0.717, 1.165) is 6.07 Å². The average Bonchev–Trinajstić information content (AvgIpc) is 2.49. The summed E-state index contributed by atoms with van der Waals surface area (Å²) in [6.07, 6.45) is 0.275. The van der Waals surface area contributed by atoms with Crippen molar-refractivity contribution >= 4 is 37.6 Å². The van der Waals surface area contributed by atoms with Gasteiger partial charge in [-0.2, -0.15) is 0 Å². The zero-order valence-electron chi connectivity index (χ0n) is 11.8. The van der Waals surface area contributed by atoms with Gasteiger partial charge in [0.05, 0.1) is 10.6 Å². The van der Waals surface area contributed by atoms with Crippen molar-refractivity contribution in [2.75, 3.05) is 4.72 Å². The number of carboxylic acid groups (broad SMARTS) is 1. The van der Waals surface area contributed by atoms with Gasteiger partial charge >= 0.3 is 5.97 Å². The zero-order chi connectivity index (χ0) is 17.0. The monoisotopic (exact) mass is 401 g/mol. The van der Waals surface area contributed by atoms with Crippen LogP contribution in [-0.4, -0.2) is 19.5 Å². The summed E-state index contributed by atoms with van der Waals surface area (Å²) in [6.45, 7) is 0. The summed E-state index contributed by atoms with van der Waals surface area (Å²) in [6, 6.07) is 9.73. The normalized spacial score (nSPS) is 11.2. The van der Waals surface area contributed by atoms with E-state index in [1.807, 2.05) is 0 Å². The van der Waals surface area contributed by atoms with Crippen LogP contribution in [0.3, 0.4) is 0 Å². The molecule has 2 aromatic carbocycles. The van der Waals surface area contributed by atoms with Crippen LogP contribution < -0.4 is 4.72 Å². The minimum Gasteiger partial charge on any atom is -0.481 e. The summed E-state index contributed by atoms with van der Waals surface area (Å²) < 4.78 is 40.9. The highest BCUT2D eigenvalue weighted by Gasteiger charge is 2.16. The molecule has 2 rings (SSSR count).